The number of esters is 1. The summed E-state index contributed by atoms with van der Waals surface area (Å²) >= 11 is 0. The molecule has 2 rings (SSSR count). The molecule has 1 saturated heterocycles. The lowest BCUT2D eigenvalue weighted by atomic mass is 9.77. The molecule has 0 N–H and O–H groups in total. The highest BCUT2D eigenvalue weighted by molar-refractivity contribution is 6.62. The van der Waals surface area contributed by atoms with Crippen LogP contribution in [0.2, 0.25) is 0 Å². The second-order valence-corrected chi connectivity index (χ2v) is 8.08. The van der Waals surface area contributed by atoms with Gasteiger partial charge in [-0.3, -0.25) is 4.79 Å². The van der Waals surface area contributed by atoms with Crippen molar-refractivity contribution in [3.05, 3.63) is 29.3 Å². The van der Waals surface area contributed by atoms with Gasteiger partial charge in [0.2, 0.25) is 0 Å². The van der Waals surface area contributed by atoms with E-state index in [1.165, 1.54) is 12.1 Å². The molecule has 0 radical (unpaired) electrons. The van der Waals surface area contributed by atoms with Gasteiger partial charge in [0, 0.05) is 12.0 Å². The maximum absolute atomic E-state index is 14.7. The van der Waals surface area contributed by atoms with Crippen LogP contribution in [0.1, 0.15) is 72.3 Å². The first-order valence-electron chi connectivity index (χ1n) is 9.48. The van der Waals surface area contributed by atoms with Crippen LogP contribution in [-0.2, 0) is 18.8 Å². The molecule has 1 heterocycles. The Bertz CT molecular complexity index is 652. The highest BCUT2D eigenvalue weighted by Gasteiger charge is 2.52. The van der Waals surface area contributed by atoms with Crippen molar-refractivity contribution in [2.45, 2.75) is 77.9 Å². The smallest absolute Gasteiger partial charge is 0.466 e. The summed E-state index contributed by atoms with van der Waals surface area (Å²) in [5.41, 5.74) is -0.807. The zero-order valence-electron chi connectivity index (χ0n) is 17.0. The second kappa shape index (κ2) is 8.27. The lowest BCUT2D eigenvalue weighted by molar-refractivity contribution is -0.143. The Kier molecular flexibility index (Phi) is 6.69. The quantitative estimate of drug-likeness (QED) is 0.526. The first-order chi connectivity index (χ1) is 12.5. The van der Waals surface area contributed by atoms with Gasteiger partial charge in [-0.15, -0.1) is 0 Å². The molecule has 150 valence electrons. The van der Waals surface area contributed by atoms with Gasteiger partial charge in [-0.05, 0) is 71.0 Å². The Morgan fingerprint density at radius 2 is 1.67 bits per heavy atom. The Labute approximate surface area is 160 Å². The third-order valence-corrected chi connectivity index (χ3v) is 5.44. The van der Waals surface area contributed by atoms with Crippen LogP contribution >= 0.6 is 0 Å². The lowest BCUT2D eigenvalue weighted by Crippen LogP contribution is -2.41. The summed E-state index contributed by atoms with van der Waals surface area (Å²) in [7, 11) is -0.813. The predicted molar refractivity (Wildman–Crippen MR) is 101 cm³/mol. The van der Waals surface area contributed by atoms with Crippen molar-refractivity contribution < 1.29 is 27.6 Å². The number of ether oxygens (including phenoxy) is 1. The van der Waals surface area contributed by atoms with E-state index in [4.69, 9.17) is 14.0 Å². The monoisotopic (exact) mass is 382 g/mol. The first kappa shape index (κ1) is 21.8. The van der Waals surface area contributed by atoms with Crippen molar-refractivity contribution in [1.29, 1.82) is 0 Å². The SMILES string of the molecule is CCOC(=O)CCC[C@H](C)c1c(F)cc(B2OC(C)(C)C(C)(C)O2)cc1F. The summed E-state index contributed by atoms with van der Waals surface area (Å²) in [6.45, 7) is 11.4. The number of benzene rings is 1. The fraction of sp³-hybridized carbons (Fsp3) is 0.650. The predicted octanol–water partition coefficient (Wildman–Crippen LogP) is 4.10. The zero-order valence-corrected chi connectivity index (χ0v) is 17.0. The first-order valence-corrected chi connectivity index (χ1v) is 9.48. The van der Waals surface area contributed by atoms with Crippen LogP contribution in [0.3, 0.4) is 0 Å². The van der Waals surface area contributed by atoms with Gasteiger partial charge in [-0.2, -0.15) is 0 Å². The molecule has 0 unspecified atom stereocenters. The van der Waals surface area contributed by atoms with Crippen LogP contribution < -0.4 is 5.46 Å². The van der Waals surface area contributed by atoms with Crippen molar-refractivity contribution in [3.63, 3.8) is 0 Å². The maximum Gasteiger partial charge on any atom is 0.495 e. The summed E-state index contributed by atoms with van der Waals surface area (Å²) in [5.74, 6) is -1.89. The number of rotatable bonds is 7. The zero-order chi connectivity index (χ0) is 20.4. The van der Waals surface area contributed by atoms with Gasteiger partial charge in [0.1, 0.15) is 11.6 Å². The van der Waals surface area contributed by atoms with E-state index in [0.29, 0.717) is 24.9 Å². The van der Waals surface area contributed by atoms with E-state index >= 15 is 0 Å². The summed E-state index contributed by atoms with van der Waals surface area (Å²) in [6.07, 6.45) is 1.24. The minimum Gasteiger partial charge on any atom is -0.466 e. The van der Waals surface area contributed by atoms with E-state index in [2.05, 4.69) is 0 Å². The molecule has 0 aliphatic carbocycles. The molecule has 4 nitrogen and oxygen atoms in total. The minimum absolute atomic E-state index is 0.0270. The number of carbonyl (C=O) groups is 1. The van der Waals surface area contributed by atoms with Gasteiger partial charge in [-0.1, -0.05) is 6.92 Å². The molecule has 1 fully saturated rings. The normalized spacial score (nSPS) is 19.2. The fourth-order valence-corrected chi connectivity index (χ4v) is 3.12. The van der Waals surface area contributed by atoms with Gasteiger partial charge in [0.25, 0.3) is 0 Å². The topological polar surface area (TPSA) is 44.8 Å². The highest BCUT2D eigenvalue weighted by Crippen LogP contribution is 2.37. The highest BCUT2D eigenvalue weighted by atomic mass is 19.1. The molecule has 1 aromatic carbocycles. The fourth-order valence-electron chi connectivity index (χ4n) is 3.12. The maximum atomic E-state index is 14.7. The van der Waals surface area contributed by atoms with E-state index in [1.807, 2.05) is 27.7 Å². The van der Waals surface area contributed by atoms with Crippen LogP contribution in [0.5, 0.6) is 0 Å². The number of halogens is 2. The van der Waals surface area contributed by atoms with Gasteiger partial charge in [0.15, 0.2) is 0 Å². The molecule has 7 heteroatoms. The number of hydrogen-bond acceptors (Lipinski definition) is 4. The van der Waals surface area contributed by atoms with E-state index in [1.54, 1.807) is 13.8 Å². The molecular weight excluding hydrogens is 353 g/mol. The molecule has 0 bridgehead atoms. The van der Waals surface area contributed by atoms with Crippen molar-refractivity contribution in [2.24, 2.45) is 0 Å². The van der Waals surface area contributed by atoms with Gasteiger partial charge in [0.05, 0.1) is 17.8 Å². The van der Waals surface area contributed by atoms with Crippen LogP contribution in [0, 0.1) is 11.6 Å². The summed E-state index contributed by atoms with van der Waals surface area (Å²) in [5, 5.41) is 0. The molecule has 0 spiro atoms. The van der Waals surface area contributed by atoms with Crippen LogP contribution in [0.15, 0.2) is 12.1 Å². The van der Waals surface area contributed by atoms with Crippen LogP contribution in [0.4, 0.5) is 8.78 Å². The van der Waals surface area contributed by atoms with Crippen molar-refractivity contribution in [3.8, 4) is 0 Å². The molecule has 0 aromatic heterocycles. The van der Waals surface area contributed by atoms with Gasteiger partial charge < -0.3 is 14.0 Å². The molecule has 0 saturated carbocycles. The summed E-state index contributed by atoms with van der Waals surface area (Å²) in [4.78, 5) is 11.4. The average Bonchev–Trinajstić information content (AvgIpc) is 2.75. The van der Waals surface area contributed by atoms with Gasteiger partial charge >= 0.3 is 13.1 Å². The summed E-state index contributed by atoms with van der Waals surface area (Å²) in [6, 6.07) is 2.56. The van der Waals surface area contributed by atoms with E-state index < -0.39 is 30.0 Å². The Morgan fingerprint density at radius 3 is 2.15 bits per heavy atom. The Morgan fingerprint density at radius 1 is 1.15 bits per heavy atom. The van der Waals surface area contributed by atoms with Crippen LogP contribution in [0.25, 0.3) is 0 Å². The van der Waals surface area contributed by atoms with Crippen molar-refractivity contribution in [2.75, 3.05) is 6.61 Å². The Hall–Kier alpha value is -1.47. The molecule has 1 aromatic rings. The van der Waals surface area contributed by atoms with Crippen molar-refractivity contribution >= 4 is 18.6 Å². The largest absolute Gasteiger partial charge is 0.495 e. The minimum atomic E-state index is -0.813. The Balaban J connectivity index is 2.10. The van der Waals surface area contributed by atoms with E-state index in [0.717, 1.165) is 0 Å². The van der Waals surface area contributed by atoms with Gasteiger partial charge in [-0.25, -0.2) is 8.78 Å². The molecule has 1 atom stereocenters. The molecular formula is C20H29BF2O4. The summed E-state index contributed by atoms with van der Waals surface area (Å²) < 4.78 is 45.9. The molecule has 27 heavy (non-hydrogen) atoms. The third-order valence-electron chi connectivity index (χ3n) is 5.44. The second-order valence-electron chi connectivity index (χ2n) is 8.08. The van der Waals surface area contributed by atoms with E-state index in [-0.39, 0.29) is 23.9 Å². The number of carbonyl (C=O) groups excluding carboxylic acids is 1. The van der Waals surface area contributed by atoms with Crippen LogP contribution in [-0.4, -0.2) is 30.9 Å². The lowest BCUT2D eigenvalue weighted by Gasteiger charge is -2.32. The van der Waals surface area contributed by atoms with E-state index in [9.17, 15) is 13.6 Å². The average molecular weight is 382 g/mol. The molecule has 1 aliphatic heterocycles. The number of hydrogen-bond donors (Lipinski definition) is 0. The molecule has 1 aliphatic rings. The third kappa shape index (κ3) is 4.88. The standard InChI is InChI=1S/C20H29BF2O4/c1-7-25-17(24)10-8-9-13(2)18-15(22)11-14(12-16(18)23)21-26-19(3,4)20(5,6)27-21/h11-13H,7-10H2,1-6H3/t13-/m0/s1. The van der Waals surface area contributed by atoms with Crippen molar-refractivity contribution in [1.82, 2.24) is 0 Å². The molecule has 0 amide bonds.